The summed E-state index contributed by atoms with van der Waals surface area (Å²) in [6.45, 7) is 6.04. The van der Waals surface area contributed by atoms with E-state index in [9.17, 15) is 0 Å². The predicted octanol–water partition coefficient (Wildman–Crippen LogP) is 3.28. The Bertz CT molecular complexity index is 889. The van der Waals surface area contributed by atoms with Crippen molar-refractivity contribution in [1.29, 1.82) is 0 Å². The highest BCUT2D eigenvalue weighted by Crippen LogP contribution is 2.29. The van der Waals surface area contributed by atoms with Crippen molar-refractivity contribution in [2.75, 3.05) is 13.0 Å². The molecule has 0 atom stereocenters. The standard InChI is InChI=1S/C18H21N5OS/c1-11-5-7-14(8-6-11)17-21-22-18(23(17)19)25-10-15-13(3)16(24-4)12(2)9-20-15/h5-9H,10,19H2,1-4H3. The minimum Gasteiger partial charge on any atom is -0.496 e. The second-order valence-corrected chi connectivity index (χ2v) is 6.82. The maximum atomic E-state index is 6.18. The lowest BCUT2D eigenvalue weighted by atomic mass is 10.1. The Morgan fingerprint density at radius 1 is 1.12 bits per heavy atom. The van der Waals surface area contributed by atoms with Crippen molar-refractivity contribution in [3.8, 4) is 17.1 Å². The molecule has 0 aliphatic carbocycles. The van der Waals surface area contributed by atoms with Crippen LogP contribution in [0.4, 0.5) is 0 Å². The van der Waals surface area contributed by atoms with Gasteiger partial charge in [0.25, 0.3) is 0 Å². The fourth-order valence-corrected chi connectivity index (χ4v) is 3.51. The second-order valence-electron chi connectivity index (χ2n) is 5.88. The molecule has 0 aliphatic rings. The molecule has 1 aromatic carbocycles. The molecule has 2 aromatic heterocycles. The number of benzene rings is 1. The van der Waals surface area contributed by atoms with Gasteiger partial charge in [0.1, 0.15) is 5.75 Å². The van der Waals surface area contributed by atoms with Crippen LogP contribution in [0.25, 0.3) is 11.4 Å². The van der Waals surface area contributed by atoms with Gasteiger partial charge in [0.15, 0.2) is 5.82 Å². The second kappa shape index (κ2) is 7.14. The van der Waals surface area contributed by atoms with E-state index in [0.29, 0.717) is 16.7 Å². The van der Waals surface area contributed by atoms with Crippen molar-refractivity contribution in [2.45, 2.75) is 31.7 Å². The molecule has 0 unspecified atom stereocenters. The van der Waals surface area contributed by atoms with E-state index >= 15 is 0 Å². The fraction of sp³-hybridized carbons (Fsp3) is 0.278. The number of aromatic nitrogens is 4. The Balaban J connectivity index is 1.80. The number of rotatable bonds is 5. The highest BCUT2D eigenvalue weighted by Gasteiger charge is 2.14. The van der Waals surface area contributed by atoms with Crippen molar-refractivity contribution in [3.05, 3.63) is 52.8 Å². The lowest BCUT2D eigenvalue weighted by Crippen LogP contribution is -2.11. The van der Waals surface area contributed by atoms with Gasteiger partial charge in [0.05, 0.1) is 12.8 Å². The molecule has 25 heavy (non-hydrogen) atoms. The third kappa shape index (κ3) is 3.46. The smallest absolute Gasteiger partial charge is 0.210 e. The van der Waals surface area contributed by atoms with E-state index in [4.69, 9.17) is 10.6 Å². The summed E-state index contributed by atoms with van der Waals surface area (Å²) in [7, 11) is 1.68. The quantitative estimate of drug-likeness (QED) is 0.559. The molecule has 0 fully saturated rings. The van der Waals surface area contributed by atoms with Crippen molar-refractivity contribution >= 4 is 11.8 Å². The number of hydrogen-bond donors (Lipinski definition) is 1. The van der Waals surface area contributed by atoms with E-state index in [-0.39, 0.29) is 0 Å². The molecule has 0 aliphatic heterocycles. The molecule has 0 spiro atoms. The number of nitrogens with two attached hydrogens (primary N) is 1. The van der Waals surface area contributed by atoms with E-state index in [1.807, 2.05) is 51.2 Å². The van der Waals surface area contributed by atoms with Crippen LogP contribution in [0.2, 0.25) is 0 Å². The summed E-state index contributed by atoms with van der Waals surface area (Å²) in [5, 5.41) is 9.08. The summed E-state index contributed by atoms with van der Waals surface area (Å²) in [5.74, 6) is 8.35. The molecular formula is C18H21N5OS. The van der Waals surface area contributed by atoms with Gasteiger partial charge in [-0.25, -0.2) is 4.68 Å². The Morgan fingerprint density at radius 2 is 1.84 bits per heavy atom. The molecule has 0 amide bonds. The third-order valence-electron chi connectivity index (χ3n) is 4.06. The summed E-state index contributed by atoms with van der Waals surface area (Å²) in [6.07, 6.45) is 1.83. The molecule has 0 saturated heterocycles. The first-order valence-electron chi connectivity index (χ1n) is 7.90. The van der Waals surface area contributed by atoms with Crippen molar-refractivity contribution in [3.63, 3.8) is 0 Å². The normalized spacial score (nSPS) is 10.9. The average molecular weight is 355 g/mol. The monoisotopic (exact) mass is 355 g/mol. The van der Waals surface area contributed by atoms with E-state index < -0.39 is 0 Å². The number of aryl methyl sites for hydroxylation is 2. The third-order valence-corrected chi connectivity index (χ3v) is 5.02. The zero-order valence-corrected chi connectivity index (χ0v) is 15.6. The van der Waals surface area contributed by atoms with Crippen LogP contribution >= 0.6 is 11.8 Å². The summed E-state index contributed by atoms with van der Waals surface area (Å²) in [6, 6.07) is 8.05. The number of thioether (sulfide) groups is 1. The molecule has 6 nitrogen and oxygen atoms in total. The van der Waals surface area contributed by atoms with Crippen LogP contribution < -0.4 is 10.6 Å². The molecule has 0 bridgehead atoms. The first-order valence-corrected chi connectivity index (χ1v) is 8.89. The van der Waals surface area contributed by atoms with Crippen LogP contribution in [-0.2, 0) is 5.75 Å². The zero-order valence-electron chi connectivity index (χ0n) is 14.8. The molecule has 2 heterocycles. The van der Waals surface area contributed by atoms with Crippen molar-refractivity contribution in [1.82, 2.24) is 19.9 Å². The molecular weight excluding hydrogens is 334 g/mol. The van der Waals surface area contributed by atoms with Gasteiger partial charge in [0, 0.05) is 28.6 Å². The molecule has 2 N–H and O–H groups in total. The van der Waals surface area contributed by atoms with Gasteiger partial charge in [-0.3, -0.25) is 4.98 Å². The highest BCUT2D eigenvalue weighted by atomic mass is 32.2. The van der Waals surface area contributed by atoms with Crippen LogP contribution in [0.1, 0.15) is 22.4 Å². The SMILES string of the molecule is COc1c(C)cnc(CSc2nnc(-c3ccc(C)cc3)n2N)c1C. The van der Waals surface area contributed by atoms with Gasteiger partial charge in [-0.15, -0.1) is 10.2 Å². The van der Waals surface area contributed by atoms with Gasteiger partial charge in [-0.1, -0.05) is 41.6 Å². The van der Waals surface area contributed by atoms with Gasteiger partial charge >= 0.3 is 0 Å². The number of hydrogen-bond acceptors (Lipinski definition) is 6. The number of methoxy groups -OCH3 is 1. The van der Waals surface area contributed by atoms with Crippen LogP contribution in [-0.4, -0.2) is 27.0 Å². The first kappa shape index (κ1) is 17.3. The molecule has 3 aromatic rings. The van der Waals surface area contributed by atoms with E-state index in [0.717, 1.165) is 28.1 Å². The summed E-state index contributed by atoms with van der Waals surface area (Å²) >= 11 is 1.50. The largest absolute Gasteiger partial charge is 0.496 e. The Hall–Kier alpha value is -2.54. The number of nitrogens with zero attached hydrogens (tertiary/aromatic N) is 4. The van der Waals surface area contributed by atoms with Gasteiger partial charge < -0.3 is 10.6 Å². The lowest BCUT2D eigenvalue weighted by Gasteiger charge is -2.11. The fourth-order valence-electron chi connectivity index (χ4n) is 2.62. The number of nitrogen functional groups attached to an aromatic ring is 1. The van der Waals surface area contributed by atoms with Crippen molar-refractivity contribution in [2.24, 2.45) is 0 Å². The molecule has 130 valence electrons. The maximum Gasteiger partial charge on any atom is 0.210 e. The molecule has 0 saturated carbocycles. The average Bonchev–Trinajstić information content (AvgIpc) is 2.96. The topological polar surface area (TPSA) is 78.9 Å². The lowest BCUT2D eigenvalue weighted by molar-refractivity contribution is 0.407. The van der Waals surface area contributed by atoms with Crippen molar-refractivity contribution < 1.29 is 4.74 Å². The van der Waals surface area contributed by atoms with E-state index in [2.05, 4.69) is 15.2 Å². The van der Waals surface area contributed by atoms with Crippen LogP contribution in [0, 0.1) is 20.8 Å². The molecule has 7 heteroatoms. The van der Waals surface area contributed by atoms with Crippen LogP contribution in [0.5, 0.6) is 5.75 Å². The predicted molar refractivity (Wildman–Crippen MR) is 100 cm³/mol. The molecule has 3 rings (SSSR count). The number of pyridine rings is 1. The Kier molecular flexibility index (Phi) is 4.94. The zero-order chi connectivity index (χ0) is 18.0. The maximum absolute atomic E-state index is 6.18. The first-order chi connectivity index (χ1) is 12.0. The summed E-state index contributed by atoms with van der Waals surface area (Å²) < 4.78 is 6.98. The van der Waals surface area contributed by atoms with E-state index in [1.165, 1.54) is 22.0 Å². The summed E-state index contributed by atoms with van der Waals surface area (Å²) in [5.41, 5.74) is 5.15. The highest BCUT2D eigenvalue weighted by molar-refractivity contribution is 7.98. The van der Waals surface area contributed by atoms with Crippen LogP contribution in [0.15, 0.2) is 35.6 Å². The minimum atomic E-state index is 0.645. The van der Waals surface area contributed by atoms with Gasteiger partial charge in [-0.05, 0) is 20.8 Å². The molecule has 0 radical (unpaired) electrons. The minimum absolute atomic E-state index is 0.645. The van der Waals surface area contributed by atoms with Gasteiger partial charge in [0.2, 0.25) is 5.16 Å². The Morgan fingerprint density at radius 3 is 2.52 bits per heavy atom. The Labute approximate surface area is 151 Å². The van der Waals surface area contributed by atoms with Gasteiger partial charge in [-0.2, -0.15) is 0 Å². The van der Waals surface area contributed by atoms with Crippen LogP contribution in [0.3, 0.4) is 0 Å². The number of ether oxygens (including phenoxy) is 1. The van der Waals surface area contributed by atoms with E-state index in [1.54, 1.807) is 7.11 Å². The summed E-state index contributed by atoms with van der Waals surface area (Å²) in [4.78, 5) is 4.51.